The lowest BCUT2D eigenvalue weighted by Crippen LogP contribution is -2.39. The summed E-state index contributed by atoms with van der Waals surface area (Å²) in [6, 6.07) is 0.249. The third-order valence-corrected chi connectivity index (χ3v) is 4.57. The van der Waals surface area contributed by atoms with E-state index in [9.17, 15) is 4.79 Å². The average molecular weight is 268 g/mol. The second kappa shape index (κ2) is 5.65. The Bertz CT molecular complexity index is 432. The molecule has 0 spiro atoms. The van der Waals surface area contributed by atoms with Crippen LogP contribution in [-0.4, -0.2) is 33.2 Å². The standard InChI is InChI=1S/C12H20N4OS/c1-3-16-7-8(13)11(15-16)12(17)14-9-5-4-6-10(9)18-2/h7,9-10H,3-6,13H2,1-2H3,(H,14,17). The fraction of sp³-hybridized carbons (Fsp3) is 0.667. The number of nitrogens with one attached hydrogen (secondary N) is 1. The van der Waals surface area contributed by atoms with Crippen molar-refractivity contribution in [1.29, 1.82) is 0 Å². The molecule has 1 aliphatic carbocycles. The quantitative estimate of drug-likeness (QED) is 0.868. The third kappa shape index (κ3) is 2.63. The summed E-state index contributed by atoms with van der Waals surface area (Å²) in [7, 11) is 0. The topological polar surface area (TPSA) is 72.9 Å². The molecule has 1 amide bonds. The maximum absolute atomic E-state index is 12.1. The summed E-state index contributed by atoms with van der Waals surface area (Å²) in [6.45, 7) is 2.68. The maximum atomic E-state index is 12.1. The molecule has 0 aliphatic heterocycles. The number of nitrogen functional groups attached to an aromatic ring is 1. The first-order valence-corrected chi connectivity index (χ1v) is 7.61. The minimum absolute atomic E-state index is 0.148. The number of nitrogens with zero attached hydrogens (tertiary/aromatic N) is 2. The van der Waals surface area contributed by atoms with Crippen LogP contribution in [0, 0.1) is 0 Å². The highest BCUT2D eigenvalue weighted by Crippen LogP contribution is 2.28. The van der Waals surface area contributed by atoms with Gasteiger partial charge >= 0.3 is 0 Å². The monoisotopic (exact) mass is 268 g/mol. The molecule has 1 saturated carbocycles. The van der Waals surface area contributed by atoms with Gasteiger partial charge in [0.05, 0.1) is 5.69 Å². The second-order valence-corrected chi connectivity index (χ2v) is 5.65. The van der Waals surface area contributed by atoms with E-state index in [0.717, 1.165) is 6.42 Å². The minimum atomic E-state index is -0.148. The molecule has 2 atom stereocenters. The van der Waals surface area contributed by atoms with Gasteiger partial charge in [0, 0.05) is 24.0 Å². The van der Waals surface area contributed by atoms with E-state index in [1.165, 1.54) is 12.8 Å². The summed E-state index contributed by atoms with van der Waals surface area (Å²) in [4.78, 5) is 12.1. The van der Waals surface area contributed by atoms with Gasteiger partial charge in [-0.1, -0.05) is 6.42 Å². The van der Waals surface area contributed by atoms with E-state index in [1.807, 2.05) is 18.7 Å². The van der Waals surface area contributed by atoms with Gasteiger partial charge in [0.15, 0.2) is 5.69 Å². The molecule has 3 N–H and O–H groups in total. The van der Waals surface area contributed by atoms with Crippen LogP contribution in [0.3, 0.4) is 0 Å². The lowest BCUT2D eigenvalue weighted by atomic mass is 10.2. The number of nitrogens with two attached hydrogens (primary N) is 1. The molecule has 1 aromatic rings. The van der Waals surface area contributed by atoms with Crippen molar-refractivity contribution in [2.75, 3.05) is 12.0 Å². The molecule has 1 aliphatic rings. The first-order valence-electron chi connectivity index (χ1n) is 6.32. The molecule has 0 bridgehead atoms. The van der Waals surface area contributed by atoms with E-state index in [4.69, 9.17) is 5.73 Å². The second-order valence-electron chi connectivity index (χ2n) is 4.57. The number of thioether (sulfide) groups is 1. The van der Waals surface area contributed by atoms with Gasteiger partial charge in [-0.3, -0.25) is 9.48 Å². The molecule has 1 aromatic heterocycles. The van der Waals surface area contributed by atoms with Gasteiger partial charge in [0.2, 0.25) is 0 Å². The molecule has 0 saturated heterocycles. The van der Waals surface area contributed by atoms with Gasteiger partial charge < -0.3 is 11.1 Å². The zero-order valence-electron chi connectivity index (χ0n) is 10.8. The Hall–Kier alpha value is -1.17. The Morgan fingerprint density at radius 3 is 3.06 bits per heavy atom. The van der Waals surface area contributed by atoms with E-state index in [2.05, 4.69) is 16.7 Å². The number of anilines is 1. The van der Waals surface area contributed by atoms with Gasteiger partial charge in [-0.15, -0.1) is 0 Å². The van der Waals surface area contributed by atoms with E-state index < -0.39 is 0 Å². The van der Waals surface area contributed by atoms with Crippen LogP contribution in [0.2, 0.25) is 0 Å². The molecule has 2 rings (SSSR count). The Morgan fingerprint density at radius 2 is 2.44 bits per heavy atom. The Kier molecular flexibility index (Phi) is 4.16. The summed E-state index contributed by atoms with van der Waals surface area (Å²) in [5, 5.41) is 7.77. The van der Waals surface area contributed by atoms with E-state index in [1.54, 1.807) is 10.9 Å². The zero-order chi connectivity index (χ0) is 13.1. The van der Waals surface area contributed by atoms with Gasteiger partial charge in [-0.05, 0) is 26.0 Å². The highest BCUT2D eigenvalue weighted by atomic mass is 32.2. The van der Waals surface area contributed by atoms with E-state index >= 15 is 0 Å². The van der Waals surface area contributed by atoms with Crippen molar-refractivity contribution in [1.82, 2.24) is 15.1 Å². The number of aryl methyl sites for hydroxylation is 1. The number of hydrogen-bond donors (Lipinski definition) is 2. The molecule has 6 heteroatoms. The van der Waals surface area contributed by atoms with Gasteiger partial charge in [-0.25, -0.2) is 0 Å². The van der Waals surface area contributed by atoms with E-state index in [0.29, 0.717) is 23.2 Å². The number of carbonyl (C=O) groups is 1. The average Bonchev–Trinajstić information content (AvgIpc) is 2.95. The van der Waals surface area contributed by atoms with Crippen molar-refractivity contribution in [3.63, 3.8) is 0 Å². The maximum Gasteiger partial charge on any atom is 0.274 e. The van der Waals surface area contributed by atoms with Crippen molar-refractivity contribution >= 4 is 23.4 Å². The Labute approximate surface area is 111 Å². The first kappa shape index (κ1) is 13.3. The first-order chi connectivity index (χ1) is 8.65. The Morgan fingerprint density at radius 1 is 1.67 bits per heavy atom. The number of amides is 1. The molecule has 0 radical (unpaired) electrons. The highest BCUT2D eigenvalue weighted by molar-refractivity contribution is 7.99. The summed E-state index contributed by atoms with van der Waals surface area (Å²) < 4.78 is 1.69. The van der Waals surface area contributed by atoms with Crippen molar-refractivity contribution in [2.24, 2.45) is 0 Å². The van der Waals surface area contributed by atoms with Crippen LogP contribution < -0.4 is 11.1 Å². The fourth-order valence-corrected chi connectivity index (χ4v) is 3.32. The summed E-state index contributed by atoms with van der Waals surface area (Å²) in [5.74, 6) is -0.148. The van der Waals surface area contributed by atoms with Gasteiger partial charge in [0.1, 0.15) is 0 Å². The van der Waals surface area contributed by atoms with E-state index in [-0.39, 0.29) is 11.9 Å². The fourth-order valence-electron chi connectivity index (χ4n) is 2.39. The molecular weight excluding hydrogens is 248 g/mol. The molecule has 0 aromatic carbocycles. The third-order valence-electron chi connectivity index (χ3n) is 3.40. The number of aromatic nitrogens is 2. The Balaban J connectivity index is 2.05. The number of rotatable bonds is 4. The summed E-state index contributed by atoms with van der Waals surface area (Å²) >= 11 is 1.82. The smallest absolute Gasteiger partial charge is 0.274 e. The normalized spacial score (nSPS) is 23.2. The van der Waals surface area contributed by atoms with Crippen LogP contribution in [0.25, 0.3) is 0 Å². The molecule has 1 heterocycles. The van der Waals surface area contributed by atoms with Crippen LogP contribution in [0.4, 0.5) is 5.69 Å². The lowest BCUT2D eigenvalue weighted by molar-refractivity contribution is 0.0933. The number of carbonyl (C=O) groups excluding carboxylic acids is 1. The van der Waals surface area contributed by atoms with Crippen LogP contribution >= 0.6 is 11.8 Å². The zero-order valence-corrected chi connectivity index (χ0v) is 11.7. The highest BCUT2D eigenvalue weighted by Gasteiger charge is 2.29. The van der Waals surface area contributed by atoms with Gasteiger partial charge in [0.25, 0.3) is 5.91 Å². The van der Waals surface area contributed by atoms with Crippen molar-refractivity contribution in [2.45, 2.75) is 44.0 Å². The predicted octanol–water partition coefficient (Wildman–Crippen LogP) is 1.50. The van der Waals surface area contributed by atoms with Gasteiger partial charge in [-0.2, -0.15) is 16.9 Å². The van der Waals surface area contributed by atoms with Crippen molar-refractivity contribution in [3.05, 3.63) is 11.9 Å². The van der Waals surface area contributed by atoms with Crippen molar-refractivity contribution in [3.8, 4) is 0 Å². The molecule has 2 unspecified atom stereocenters. The molecule has 100 valence electrons. The summed E-state index contributed by atoms with van der Waals surface area (Å²) in [5.41, 5.74) is 6.61. The lowest BCUT2D eigenvalue weighted by Gasteiger charge is -2.18. The van der Waals surface area contributed by atoms with Crippen LogP contribution in [0.1, 0.15) is 36.7 Å². The van der Waals surface area contributed by atoms with Crippen molar-refractivity contribution < 1.29 is 4.79 Å². The molecule has 1 fully saturated rings. The SMILES string of the molecule is CCn1cc(N)c(C(=O)NC2CCCC2SC)n1. The molecule has 5 nitrogen and oxygen atoms in total. The van der Waals surface area contributed by atoms with Crippen LogP contribution in [0.5, 0.6) is 0 Å². The summed E-state index contributed by atoms with van der Waals surface area (Å²) in [6.07, 6.45) is 7.19. The molecular formula is C12H20N4OS. The number of hydrogen-bond acceptors (Lipinski definition) is 4. The van der Waals surface area contributed by atoms with Crippen LogP contribution in [0.15, 0.2) is 6.20 Å². The molecule has 18 heavy (non-hydrogen) atoms. The predicted molar refractivity (Wildman–Crippen MR) is 74.7 cm³/mol. The van der Waals surface area contributed by atoms with Crippen LogP contribution in [-0.2, 0) is 6.54 Å². The minimum Gasteiger partial charge on any atom is -0.396 e. The largest absolute Gasteiger partial charge is 0.396 e.